The second-order valence-electron chi connectivity index (χ2n) is 27.2. The van der Waals surface area contributed by atoms with Crippen LogP contribution in [-0.2, 0) is 14.3 Å². The highest BCUT2D eigenvalue weighted by Crippen LogP contribution is 2.24. The van der Waals surface area contributed by atoms with Gasteiger partial charge in [-0.05, 0) is 19.3 Å². The van der Waals surface area contributed by atoms with Crippen LogP contribution in [0.5, 0.6) is 0 Å². The number of allylic oxidation sites excluding steroid dienone is 1. The van der Waals surface area contributed by atoms with Gasteiger partial charge in [-0.25, -0.2) is 0 Å². The SMILES string of the molecule is CCCCCCCCCCCCCCCCCCCCCCCCCCC/C=C/C(O)C(COC1OC(CO)C(O)C(O)C1O)NC(=O)CCCCCCCCCCCCCCCCCCCCCCCCCCCCCCCCCCCCC. The van der Waals surface area contributed by atoms with E-state index in [1.165, 1.54) is 353 Å². The molecule has 0 radical (unpaired) electrons. The highest BCUT2D eigenvalue weighted by Gasteiger charge is 2.44. The highest BCUT2D eigenvalue weighted by molar-refractivity contribution is 5.76. The van der Waals surface area contributed by atoms with Crippen molar-refractivity contribution >= 4 is 5.91 Å². The van der Waals surface area contributed by atoms with Gasteiger partial charge in [-0.2, -0.15) is 0 Å². The third kappa shape index (κ3) is 54.4. The number of aliphatic hydroxyl groups is 5. The Bertz CT molecular complexity index is 1350. The fourth-order valence-corrected chi connectivity index (χ4v) is 12.9. The van der Waals surface area contributed by atoms with Crippen LogP contribution in [0.15, 0.2) is 12.2 Å². The van der Waals surface area contributed by atoms with E-state index in [2.05, 4.69) is 19.2 Å². The summed E-state index contributed by atoms with van der Waals surface area (Å²) in [6, 6.07) is -0.803. The van der Waals surface area contributed by atoms with Gasteiger partial charge in [0.15, 0.2) is 6.29 Å². The molecule has 506 valence electrons. The van der Waals surface area contributed by atoms with Gasteiger partial charge in [0.2, 0.25) is 5.91 Å². The van der Waals surface area contributed by atoms with Crippen molar-refractivity contribution in [2.45, 2.75) is 455 Å². The Morgan fingerprint density at radius 2 is 0.647 bits per heavy atom. The summed E-state index contributed by atoms with van der Waals surface area (Å²) in [5.41, 5.74) is 0. The van der Waals surface area contributed by atoms with E-state index >= 15 is 0 Å². The molecular formula is C76H149NO8. The highest BCUT2D eigenvalue weighted by atomic mass is 16.7. The molecule has 0 aromatic rings. The van der Waals surface area contributed by atoms with Crippen LogP contribution in [0.25, 0.3) is 0 Å². The largest absolute Gasteiger partial charge is 0.394 e. The monoisotopic (exact) mass is 1200 g/mol. The number of aliphatic hydroxyl groups excluding tert-OH is 5. The first kappa shape index (κ1) is 81.9. The molecule has 0 aromatic heterocycles. The lowest BCUT2D eigenvalue weighted by Crippen LogP contribution is -2.60. The van der Waals surface area contributed by atoms with Gasteiger partial charge in [0, 0.05) is 6.42 Å². The molecule has 9 nitrogen and oxygen atoms in total. The second kappa shape index (κ2) is 65.9. The fraction of sp³-hybridized carbons (Fsp3) is 0.961. The molecule has 9 heteroatoms. The zero-order valence-electron chi connectivity index (χ0n) is 56.9. The smallest absolute Gasteiger partial charge is 0.220 e. The summed E-state index contributed by atoms with van der Waals surface area (Å²) in [7, 11) is 0. The van der Waals surface area contributed by atoms with Crippen LogP contribution >= 0.6 is 0 Å². The van der Waals surface area contributed by atoms with Gasteiger partial charge in [0.1, 0.15) is 24.4 Å². The first-order valence-corrected chi connectivity index (χ1v) is 38.4. The van der Waals surface area contributed by atoms with Crippen molar-refractivity contribution in [1.29, 1.82) is 0 Å². The van der Waals surface area contributed by atoms with E-state index in [4.69, 9.17) is 9.47 Å². The van der Waals surface area contributed by atoms with Gasteiger partial charge < -0.3 is 40.3 Å². The van der Waals surface area contributed by atoms with Crippen LogP contribution in [-0.4, -0.2) is 87.5 Å². The molecule has 1 heterocycles. The van der Waals surface area contributed by atoms with E-state index in [0.717, 1.165) is 38.5 Å². The molecule has 1 rings (SSSR count). The molecule has 7 atom stereocenters. The Balaban J connectivity index is 2.06. The van der Waals surface area contributed by atoms with Crippen LogP contribution in [0.2, 0.25) is 0 Å². The first-order valence-electron chi connectivity index (χ1n) is 38.4. The average molecular weight is 1210 g/mol. The first-order chi connectivity index (χ1) is 41.8. The zero-order valence-corrected chi connectivity index (χ0v) is 56.9. The molecule has 1 aliphatic rings. The molecule has 1 amide bonds. The van der Waals surface area contributed by atoms with Gasteiger partial charge >= 0.3 is 0 Å². The summed E-state index contributed by atoms with van der Waals surface area (Å²) < 4.78 is 11.3. The molecule has 1 fully saturated rings. The van der Waals surface area contributed by atoms with Crippen LogP contribution in [0.4, 0.5) is 0 Å². The summed E-state index contributed by atoms with van der Waals surface area (Å²) in [4.78, 5) is 13.2. The quantitative estimate of drug-likeness (QED) is 0.0261. The lowest BCUT2D eigenvalue weighted by molar-refractivity contribution is -0.302. The van der Waals surface area contributed by atoms with Crippen molar-refractivity contribution in [3.05, 3.63) is 12.2 Å². The second-order valence-corrected chi connectivity index (χ2v) is 27.2. The summed E-state index contributed by atoms with van der Waals surface area (Å²) in [5.74, 6) is -0.166. The maximum absolute atomic E-state index is 13.2. The molecular weight excluding hydrogens is 1050 g/mol. The molecule has 6 N–H and O–H groups in total. The van der Waals surface area contributed by atoms with Gasteiger partial charge in [-0.1, -0.05) is 398 Å². The Kier molecular flexibility index (Phi) is 63.5. The van der Waals surface area contributed by atoms with Crippen LogP contribution < -0.4 is 5.32 Å². The van der Waals surface area contributed by atoms with E-state index in [9.17, 15) is 30.3 Å². The maximum Gasteiger partial charge on any atom is 0.220 e. The number of carbonyl (C=O) groups excluding carboxylic acids is 1. The molecule has 0 spiro atoms. The van der Waals surface area contributed by atoms with E-state index in [-0.39, 0.29) is 12.5 Å². The molecule has 85 heavy (non-hydrogen) atoms. The summed E-state index contributed by atoms with van der Waals surface area (Å²) >= 11 is 0. The van der Waals surface area contributed by atoms with Crippen molar-refractivity contribution in [3.63, 3.8) is 0 Å². The molecule has 1 aliphatic heterocycles. The van der Waals surface area contributed by atoms with E-state index < -0.39 is 49.5 Å². The minimum Gasteiger partial charge on any atom is -0.394 e. The van der Waals surface area contributed by atoms with E-state index in [1.54, 1.807) is 6.08 Å². The number of hydrogen-bond acceptors (Lipinski definition) is 8. The summed E-state index contributed by atoms with van der Waals surface area (Å²) in [6.07, 6.45) is 79.3. The Labute approximate surface area is 528 Å². The maximum atomic E-state index is 13.2. The Morgan fingerprint density at radius 1 is 0.388 bits per heavy atom. The van der Waals surface area contributed by atoms with Gasteiger partial charge in [0.05, 0.1) is 25.4 Å². The fourth-order valence-electron chi connectivity index (χ4n) is 12.9. The summed E-state index contributed by atoms with van der Waals surface area (Å²) in [6.45, 7) is 3.85. The number of unbranched alkanes of at least 4 members (excludes halogenated alkanes) is 59. The third-order valence-electron chi connectivity index (χ3n) is 18.9. The zero-order chi connectivity index (χ0) is 61.4. The van der Waals surface area contributed by atoms with Gasteiger partial charge in [-0.15, -0.1) is 0 Å². The average Bonchev–Trinajstić information content (AvgIpc) is 3.70. The van der Waals surface area contributed by atoms with Gasteiger partial charge in [-0.3, -0.25) is 4.79 Å². The molecule has 0 aliphatic carbocycles. The van der Waals surface area contributed by atoms with Gasteiger partial charge in [0.25, 0.3) is 0 Å². The molecule has 0 bridgehead atoms. The van der Waals surface area contributed by atoms with Crippen molar-refractivity contribution in [3.8, 4) is 0 Å². The third-order valence-corrected chi connectivity index (χ3v) is 18.9. The topological polar surface area (TPSA) is 149 Å². The Hall–Kier alpha value is -1.07. The number of rotatable bonds is 69. The number of hydrogen-bond donors (Lipinski definition) is 6. The number of carbonyl (C=O) groups is 1. The molecule has 0 saturated carbocycles. The van der Waals surface area contributed by atoms with E-state index in [0.29, 0.717) is 6.42 Å². The predicted octanol–water partition coefficient (Wildman–Crippen LogP) is 21.4. The van der Waals surface area contributed by atoms with Crippen molar-refractivity contribution in [1.82, 2.24) is 5.32 Å². The van der Waals surface area contributed by atoms with Crippen LogP contribution in [0, 0.1) is 0 Å². The van der Waals surface area contributed by atoms with Crippen molar-refractivity contribution < 1.29 is 39.8 Å². The summed E-state index contributed by atoms with van der Waals surface area (Å²) in [5, 5.41) is 54.9. The predicted molar refractivity (Wildman–Crippen MR) is 364 cm³/mol. The Morgan fingerprint density at radius 3 is 0.918 bits per heavy atom. The lowest BCUT2D eigenvalue weighted by atomic mass is 9.99. The molecule has 1 saturated heterocycles. The number of ether oxygens (including phenoxy) is 2. The van der Waals surface area contributed by atoms with Crippen LogP contribution in [0.1, 0.15) is 412 Å². The number of amides is 1. The van der Waals surface area contributed by atoms with Crippen LogP contribution in [0.3, 0.4) is 0 Å². The molecule has 0 aromatic carbocycles. The van der Waals surface area contributed by atoms with Crippen molar-refractivity contribution in [2.24, 2.45) is 0 Å². The molecule has 7 unspecified atom stereocenters. The minimum atomic E-state index is -1.57. The lowest BCUT2D eigenvalue weighted by Gasteiger charge is -2.40. The standard InChI is InChI=1S/C76H149NO8/c1-3-5-7-9-11-13-15-17-19-21-23-25-27-29-31-32-33-34-35-36-37-38-40-42-44-46-48-50-52-54-56-58-60-62-64-66-72(80)77-69(68-84-76-75(83)74(82)73(81)71(67-78)85-76)70(79)65-63-61-59-57-55-53-51-49-47-45-43-41-39-30-28-26-24-22-20-18-16-14-12-10-8-6-4-2/h63,65,69-71,73-76,78-79,81-83H,3-62,64,66-68H2,1-2H3,(H,77,80)/b65-63+. The normalized spacial score (nSPS) is 18.0. The minimum absolute atomic E-state index is 0.166. The van der Waals surface area contributed by atoms with Crippen molar-refractivity contribution in [2.75, 3.05) is 13.2 Å². The van der Waals surface area contributed by atoms with E-state index in [1.807, 2.05) is 6.08 Å². The number of nitrogens with one attached hydrogen (secondary N) is 1.